The summed E-state index contributed by atoms with van der Waals surface area (Å²) in [6.45, 7) is 3.13. The van der Waals surface area contributed by atoms with Crippen LogP contribution in [0.2, 0.25) is 0 Å². The Kier molecular flexibility index (Phi) is 6.04. The fourth-order valence-electron chi connectivity index (χ4n) is 2.61. The molecule has 0 bridgehead atoms. The van der Waals surface area contributed by atoms with Gasteiger partial charge in [-0.25, -0.2) is 0 Å². The highest BCUT2D eigenvalue weighted by atomic mass is 79.9. The Labute approximate surface area is 144 Å². The molecule has 1 atom stereocenters. The van der Waals surface area contributed by atoms with Crippen molar-refractivity contribution >= 4 is 27.8 Å². The molecule has 1 aliphatic heterocycles. The molecular weight excluding hydrogens is 362 g/mol. The maximum atomic E-state index is 12.1. The van der Waals surface area contributed by atoms with E-state index in [9.17, 15) is 14.7 Å². The molecular formula is C17H22BrNO4. The first-order valence-corrected chi connectivity index (χ1v) is 8.59. The number of nitrogens with zero attached hydrogens (tertiary/aromatic N) is 1. The number of carboxylic acids is 1. The van der Waals surface area contributed by atoms with Crippen LogP contribution in [0.4, 0.5) is 0 Å². The van der Waals surface area contributed by atoms with E-state index in [1.165, 1.54) is 0 Å². The van der Waals surface area contributed by atoms with Gasteiger partial charge in [0.15, 0.2) is 0 Å². The van der Waals surface area contributed by atoms with Gasteiger partial charge in [0.1, 0.15) is 5.75 Å². The zero-order chi connectivity index (χ0) is 16.9. The Hall–Kier alpha value is -1.56. The summed E-state index contributed by atoms with van der Waals surface area (Å²) in [6, 6.07) is 7.63. The van der Waals surface area contributed by atoms with Gasteiger partial charge in [0, 0.05) is 24.0 Å². The van der Waals surface area contributed by atoms with Crippen LogP contribution in [0.3, 0.4) is 0 Å². The fraction of sp³-hybridized carbons (Fsp3) is 0.529. The van der Waals surface area contributed by atoms with Crippen LogP contribution in [-0.2, 0) is 9.59 Å². The number of carboxylic acid groups (broad SMARTS) is 1. The molecule has 2 rings (SSSR count). The molecule has 6 heteroatoms. The first kappa shape index (κ1) is 17.8. The second-order valence-electron chi connectivity index (χ2n) is 6.19. The molecule has 1 fully saturated rings. The third-order valence-corrected chi connectivity index (χ3v) is 4.74. The Balaban J connectivity index is 1.64. The van der Waals surface area contributed by atoms with Gasteiger partial charge >= 0.3 is 5.97 Å². The summed E-state index contributed by atoms with van der Waals surface area (Å²) in [7, 11) is 0. The molecule has 0 spiro atoms. The van der Waals surface area contributed by atoms with Crippen LogP contribution in [0, 0.1) is 5.41 Å². The van der Waals surface area contributed by atoms with Crippen molar-refractivity contribution in [3.63, 3.8) is 0 Å². The predicted molar refractivity (Wildman–Crippen MR) is 90.4 cm³/mol. The van der Waals surface area contributed by atoms with Gasteiger partial charge < -0.3 is 14.7 Å². The number of halogens is 1. The van der Waals surface area contributed by atoms with Crippen molar-refractivity contribution in [3.05, 3.63) is 28.7 Å². The summed E-state index contributed by atoms with van der Waals surface area (Å²) in [6.07, 6.45) is 2.52. The molecule has 1 aromatic rings. The van der Waals surface area contributed by atoms with Crippen LogP contribution in [0.25, 0.3) is 0 Å². The number of hydrogen-bond acceptors (Lipinski definition) is 3. The highest BCUT2D eigenvalue weighted by Crippen LogP contribution is 2.30. The van der Waals surface area contributed by atoms with Gasteiger partial charge in [-0.15, -0.1) is 0 Å². The average molecular weight is 384 g/mol. The zero-order valence-electron chi connectivity index (χ0n) is 13.3. The van der Waals surface area contributed by atoms with Gasteiger partial charge in [0.05, 0.1) is 12.0 Å². The molecule has 5 nitrogen and oxygen atoms in total. The fourth-order valence-corrected chi connectivity index (χ4v) is 2.87. The molecule has 1 unspecified atom stereocenters. The molecule has 1 aromatic carbocycles. The number of amides is 1. The predicted octanol–water partition coefficient (Wildman–Crippen LogP) is 3.32. The number of ether oxygens (including phenoxy) is 1. The molecule has 1 heterocycles. The SMILES string of the molecule is CC1(C(=O)O)CCN(C(=O)CCCCOc2ccc(Br)cc2)C1. The Bertz CT molecular complexity index is 560. The van der Waals surface area contributed by atoms with Gasteiger partial charge in [0.2, 0.25) is 5.91 Å². The lowest BCUT2D eigenvalue weighted by Crippen LogP contribution is -2.34. The van der Waals surface area contributed by atoms with Gasteiger partial charge in [-0.3, -0.25) is 9.59 Å². The van der Waals surface area contributed by atoms with Gasteiger partial charge in [0.25, 0.3) is 0 Å². The molecule has 1 saturated heterocycles. The number of likely N-dealkylation sites (tertiary alicyclic amines) is 1. The van der Waals surface area contributed by atoms with Crippen molar-refractivity contribution in [1.82, 2.24) is 4.90 Å². The second kappa shape index (κ2) is 7.81. The highest BCUT2D eigenvalue weighted by molar-refractivity contribution is 9.10. The van der Waals surface area contributed by atoms with Crippen LogP contribution < -0.4 is 4.74 Å². The van der Waals surface area contributed by atoms with E-state index in [-0.39, 0.29) is 5.91 Å². The number of carbonyl (C=O) groups excluding carboxylic acids is 1. The van der Waals surface area contributed by atoms with Crippen LogP contribution in [-0.4, -0.2) is 41.6 Å². The quantitative estimate of drug-likeness (QED) is 0.733. The lowest BCUT2D eigenvalue weighted by atomic mass is 9.90. The van der Waals surface area contributed by atoms with Crippen LogP contribution in [0.15, 0.2) is 28.7 Å². The van der Waals surface area contributed by atoms with Crippen molar-refractivity contribution < 1.29 is 19.4 Å². The van der Waals surface area contributed by atoms with Gasteiger partial charge in [-0.2, -0.15) is 0 Å². The number of hydrogen-bond donors (Lipinski definition) is 1. The topological polar surface area (TPSA) is 66.8 Å². The largest absolute Gasteiger partial charge is 0.494 e. The number of benzene rings is 1. The third-order valence-electron chi connectivity index (χ3n) is 4.21. The van der Waals surface area contributed by atoms with Crippen LogP contribution in [0.1, 0.15) is 32.6 Å². The molecule has 1 N–H and O–H groups in total. The Morgan fingerprint density at radius 3 is 2.61 bits per heavy atom. The van der Waals surface area contributed by atoms with E-state index in [1.807, 2.05) is 24.3 Å². The molecule has 23 heavy (non-hydrogen) atoms. The lowest BCUT2D eigenvalue weighted by molar-refractivity contribution is -0.147. The Morgan fingerprint density at radius 1 is 1.30 bits per heavy atom. The first-order valence-electron chi connectivity index (χ1n) is 7.80. The van der Waals surface area contributed by atoms with Crippen molar-refractivity contribution in [1.29, 1.82) is 0 Å². The summed E-state index contributed by atoms with van der Waals surface area (Å²) in [4.78, 5) is 25.0. The normalized spacial score (nSPS) is 20.5. The molecule has 0 saturated carbocycles. The number of unbranched alkanes of at least 4 members (excludes halogenated alkanes) is 1. The summed E-state index contributed by atoms with van der Waals surface area (Å²) in [5.41, 5.74) is -0.791. The minimum absolute atomic E-state index is 0.0404. The highest BCUT2D eigenvalue weighted by Gasteiger charge is 2.41. The smallest absolute Gasteiger partial charge is 0.311 e. The van der Waals surface area contributed by atoms with E-state index >= 15 is 0 Å². The number of rotatable bonds is 7. The van der Waals surface area contributed by atoms with E-state index in [2.05, 4.69) is 15.9 Å². The van der Waals surface area contributed by atoms with Crippen LogP contribution >= 0.6 is 15.9 Å². The Morgan fingerprint density at radius 2 is 2.00 bits per heavy atom. The van der Waals surface area contributed by atoms with Crippen molar-refractivity contribution in [3.8, 4) is 5.75 Å². The van der Waals surface area contributed by atoms with E-state index in [4.69, 9.17) is 4.74 Å². The van der Waals surface area contributed by atoms with Crippen molar-refractivity contribution in [2.24, 2.45) is 5.41 Å². The minimum Gasteiger partial charge on any atom is -0.494 e. The van der Waals surface area contributed by atoms with Crippen molar-refractivity contribution in [2.45, 2.75) is 32.6 Å². The maximum Gasteiger partial charge on any atom is 0.311 e. The lowest BCUT2D eigenvalue weighted by Gasteiger charge is -2.20. The second-order valence-corrected chi connectivity index (χ2v) is 7.11. The minimum atomic E-state index is -0.823. The molecule has 1 aliphatic rings. The summed E-state index contributed by atoms with van der Waals surface area (Å²) in [5.74, 6) is 0.0330. The summed E-state index contributed by atoms with van der Waals surface area (Å²) >= 11 is 3.37. The van der Waals surface area contributed by atoms with Gasteiger partial charge in [-0.1, -0.05) is 15.9 Å². The van der Waals surface area contributed by atoms with E-state index in [1.54, 1.807) is 11.8 Å². The molecule has 0 radical (unpaired) electrons. The number of carbonyl (C=O) groups is 2. The van der Waals surface area contributed by atoms with Crippen molar-refractivity contribution in [2.75, 3.05) is 19.7 Å². The molecule has 1 amide bonds. The monoisotopic (exact) mass is 383 g/mol. The maximum absolute atomic E-state index is 12.1. The average Bonchev–Trinajstić information content (AvgIpc) is 2.93. The van der Waals surface area contributed by atoms with E-state index < -0.39 is 11.4 Å². The summed E-state index contributed by atoms with van der Waals surface area (Å²) in [5, 5.41) is 9.19. The van der Waals surface area contributed by atoms with E-state index in [0.717, 1.165) is 23.1 Å². The molecule has 0 aliphatic carbocycles. The first-order chi connectivity index (χ1) is 10.9. The van der Waals surface area contributed by atoms with Gasteiger partial charge in [-0.05, 0) is 50.5 Å². The standard InChI is InChI=1S/C17H22BrNO4/c1-17(16(21)22)9-10-19(12-17)15(20)4-2-3-11-23-14-7-5-13(18)6-8-14/h5-8H,2-4,9-12H2,1H3,(H,21,22). The zero-order valence-corrected chi connectivity index (χ0v) is 14.8. The molecule has 0 aromatic heterocycles. The number of aliphatic carboxylic acids is 1. The summed E-state index contributed by atoms with van der Waals surface area (Å²) < 4.78 is 6.62. The third kappa shape index (κ3) is 4.96. The van der Waals surface area contributed by atoms with Crippen LogP contribution in [0.5, 0.6) is 5.75 Å². The molecule has 126 valence electrons. The van der Waals surface area contributed by atoms with E-state index in [0.29, 0.717) is 32.5 Å².